The van der Waals surface area contributed by atoms with Crippen LogP contribution in [0, 0.1) is 0 Å². The number of hydrogen-bond acceptors (Lipinski definition) is 5. The van der Waals surface area contributed by atoms with Gasteiger partial charge in [0.05, 0.1) is 28.6 Å². The predicted molar refractivity (Wildman–Crippen MR) is 124 cm³/mol. The van der Waals surface area contributed by atoms with E-state index < -0.39 is 11.9 Å². The molecular formula is C25H22ClN2O4+. The molecule has 6 nitrogen and oxygen atoms in total. The Hall–Kier alpha value is -3.64. The maximum Gasteiger partial charge on any atom is 0.346 e. The highest BCUT2D eigenvalue weighted by Crippen LogP contribution is 2.30. The van der Waals surface area contributed by atoms with E-state index in [4.69, 9.17) is 21.1 Å². The molecule has 4 rings (SSSR count). The van der Waals surface area contributed by atoms with E-state index in [-0.39, 0.29) is 13.2 Å². The first-order chi connectivity index (χ1) is 15.6. The lowest BCUT2D eigenvalue weighted by atomic mass is 10.0. The lowest BCUT2D eigenvalue weighted by Gasteiger charge is -2.13. The molecular weight excluding hydrogens is 428 g/mol. The summed E-state index contributed by atoms with van der Waals surface area (Å²) in [7, 11) is 0. The summed E-state index contributed by atoms with van der Waals surface area (Å²) < 4.78 is 10.6. The van der Waals surface area contributed by atoms with Gasteiger partial charge < -0.3 is 14.8 Å². The van der Waals surface area contributed by atoms with E-state index in [0.29, 0.717) is 28.4 Å². The van der Waals surface area contributed by atoms with Gasteiger partial charge in [-0.1, -0.05) is 35.9 Å². The van der Waals surface area contributed by atoms with Crippen LogP contribution < -0.4 is 10.3 Å². The van der Waals surface area contributed by atoms with Gasteiger partial charge in [-0.15, -0.1) is 0 Å². The molecule has 0 aliphatic rings. The van der Waals surface area contributed by atoms with Gasteiger partial charge in [0, 0.05) is 11.6 Å². The highest BCUT2D eigenvalue weighted by Gasteiger charge is 2.21. The number of carbonyl (C=O) groups is 2. The summed E-state index contributed by atoms with van der Waals surface area (Å²) in [5, 5.41) is 6.78. The molecule has 7 heteroatoms. The lowest BCUT2D eigenvalue weighted by molar-refractivity contribution is -0.343. The smallest absolute Gasteiger partial charge is 0.346 e. The summed E-state index contributed by atoms with van der Waals surface area (Å²) >= 11 is 5.86. The van der Waals surface area contributed by atoms with Crippen molar-refractivity contribution in [2.24, 2.45) is 0 Å². The van der Waals surface area contributed by atoms with Gasteiger partial charge in [-0.25, -0.2) is 14.6 Å². The van der Waals surface area contributed by atoms with Crippen molar-refractivity contribution in [2.75, 3.05) is 25.1 Å². The van der Waals surface area contributed by atoms with Gasteiger partial charge in [-0.2, -0.15) is 0 Å². The van der Waals surface area contributed by atoms with Crippen LogP contribution in [0.2, 0.25) is 5.02 Å². The highest BCUT2D eigenvalue weighted by atomic mass is 35.5. The van der Waals surface area contributed by atoms with Gasteiger partial charge >= 0.3 is 11.9 Å². The van der Waals surface area contributed by atoms with E-state index in [9.17, 15) is 9.59 Å². The standard InChI is InChI=1S/C25H21ClN2O4/c1-2-31-25(30)21-15-28-22-19-6-4-3-5-16(19)9-12-20(22)23(21)27-13-14-32-24(29)17-7-10-18(26)11-8-17/h3-12,15H,2,13-14H2,1H3,(H,27,28)/p+1. The number of H-pyrrole nitrogens is 1. The maximum absolute atomic E-state index is 12.5. The molecule has 0 amide bonds. The molecule has 0 spiro atoms. The van der Waals surface area contributed by atoms with Crippen LogP contribution in [0.1, 0.15) is 27.6 Å². The molecule has 0 unspecified atom stereocenters. The summed E-state index contributed by atoms with van der Waals surface area (Å²) in [6, 6.07) is 18.5. The Kier molecular flexibility index (Phi) is 6.52. The highest BCUT2D eigenvalue weighted by molar-refractivity contribution is 6.30. The second-order valence-electron chi connectivity index (χ2n) is 7.08. The van der Waals surface area contributed by atoms with Gasteiger partial charge in [-0.05, 0) is 48.7 Å². The van der Waals surface area contributed by atoms with Crippen LogP contribution in [0.25, 0.3) is 21.7 Å². The first-order valence-electron chi connectivity index (χ1n) is 10.3. The zero-order chi connectivity index (χ0) is 22.5. The fraction of sp³-hybridized carbons (Fsp3) is 0.160. The summed E-state index contributed by atoms with van der Waals surface area (Å²) in [5.74, 6) is -0.870. The molecule has 0 saturated heterocycles. The van der Waals surface area contributed by atoms with E-state index in [1.165, 1.54) is 0 Å². The van der Waals surface area contributed by atoms with Crippen LogP contribution in [0.15, 0.2) is 66.9 Å². The van der Waals surface area contributed by atoms with Crippen LogP contribution >= 0.6 is 11.6 Å². The number of esters is 2. The van der Waals surface area contributed by atoms with E-state index in [1.54, 1.807) is 37.4 Å². The number of ether oxygens (including phenoxy) is 2. The Morgan fingerprint density at radius 2 is 1.72 bits per heavy atom. The predicted octanol–water partition coefficient (Wildman–Crippen LogP) is 4.91. The summed E-state index contributed by atoms with van der Waals surface area (Å²) in [5.41, 5.74) is 2.34. The largest absolute Gasteiger partial charge is 0.462 e. The van der Waals surface area contributed by atoms with Crippen LogP contribution in [-0.2, 0) is 9.47 Å². The zero-order valence-electron chi connectivity index (χ0n) is 17.5. The van der Waals surface area contributed by atoms with Gasteiger partial charge in [0.25, 0.3) is 0 Å². The molecule has 3 aromatic carbocycles. The van der Waals surface area contributed by atoms with E-state index >= 15 is 0 Å². The zero-order valence-corrected chi connectivity index (χ0v) is 18.2. The van der Waals surface area contributed by atoms with Crippen molar-refractivity contribution >= 4 is 50.9 Å². The number of pyridine rings is 1. The van der Waals surface area contributed by atoms with Crippen molar-refractivity contribution in [1.82, 2.24) is 0 Å². The van der Waals surface area contributed by atoms with E-state index in [0.717, 1.165) is 21.7 Å². The van der Waals surface area contributed by atoms with Crippen LogP contribution in [0.4, 0.5) is 5.69 Å². The number of aromatic nitrogens is 1. The third kappa shape index (κ3) is 4.50. The van der Waals surface area contributed by atoms with E-state index in [2.05, 4.69) is 10.3 Å². The molecule has 0 radical (unpaired) electrons. The normalized spacial score (nSPS) is 10.8. The number of halogens is 1. The minimum Gasteiger partial charge on any atom is -0.462 e. The van der Waals surface area contributed by atoms with Crippen molar-refractivity contribution in [1.29, 1.82) is 0 Å². The Morgan fingerprint density at radius 3 is 2.50 bits per heavy atom. The summed E-state index contributed by atoms with van der Waals surface area (Å²) in [6.07, 6.45) is 1.65. The molecule has 0 bridgehead atoms. The first-order valence-corrected chi connectivity index (χ1v) is 10.7. The van der Waals surface area contributed by atoms with Crippen molar-refractivity contribution in [3.63, 3.8) is 0 Å². The van der Waals surface area contributed by atoms with Gasteiger partial charge in [-0.3, -0.25) is 0 Å². The molecule has 0 aliphatic heterocycles. The van der Waals surface area contributed by atoms with Crippen LogP contribution in [-0.4, -0.2) is 31.7 Å². The monoisotopic (exact) mass is 449 g/mol. The molecule has 0 saturated carbocycles. The number of anilines is 1. The topological polar surface area (TPSA) is 78.8 Å². The third-order valence-corrected chi connectivity index (χ3v) is 5.29. The molecule has 0 aliphatic carbocycles. The fourth-order valence-electron chi connectivity index (χ4n) is 3.55. The Morgan fingerprint density at radius 1 is 0.938 bits per heavy atom. The van der Waals surface area contributed by atoms with Crippen molar-refractivity contribution in [2.45, 2.75) is 6.92 Å². The van der Waals surface area contributed by atoms with Gasteiger partial charge in [0.15, 0.2) is 6.20 Å². The minimum atomic E-state index is -0.439. The second-order valence-corrected chi connectivity index (χ2v) is 7.51. The average molecular weight is 450 g/mol. The number of rotatable bonds is 7. The van der Waals surface area contributed by atoms with E-state index in [1.807, 2.05) is 36.4 Å². The minimum absolute atomic E-state index is 0.122. The first kappa shape index (κ1) is 21.6. The third-order valence-electron chi connectivity index (χ3n) is 5.04. The fourth-order valence-corrected chi connectivity index (χ4v) is 3.67. The quantitative estimate of drug-likeness (QED) is 0.246. The maximum atomic E-state index is 12.5. The number of nitrogens with one attached hydrogen (secondary N) is 2. The van der Waals surface area contributed by atoms with Gasteiger partial charge in [0.1, 0.15) is 12.2 Å². The average Bonchev–Trinajstić information content (AvgIpc) is 2.81. The van der Waals surface area contributed by atoms with Crippen molar-refractivity contribution in [3.05, 3.63) is 83.0 Å². The molecule has 32 heavy (non-hydrogen) atoms. The molecule has 1 aromatic heterocycles. The Bertz CT molecular complexity index is 1290. The molecule has 4 aromatic rings. The van der Waals surface area contributed by atoms with Crippen LogP contribution in [0.5, 0.6) is 0 Å². The number of carbonyl (C=O) groups excluding carboxylic acids is 2. The molecule has 0 fully saturated rings. The Balaban J connectivity index is 1.58. The molecule has 2 N–H and O–H groups in total. The SMILES string of the molecule is CCOC(=O)c1c[nH+]c2c(ccc3ccccc32)c1NCCOC(=O)c1ccc(Cl)cc1. The molecule has 1 heterocycles. The Labute approximate surface area is 190 Å². The summed E-state index contributed by atoms with van der Waals surface area (Å²) in [4.78, 5) is 28.0. The molecule has 0 atom stereocenters. The second kappa shape index (κ2) is 9.66. The van der Waals surface area contributed by atoms with Crippen molar-refractivity contribution < 1.29 is 24.0 Å². The number of aromatic amines is 1. The lowest BCUT2D eigenvalue weighted by Crippen LogP contribution is -2.19. The summed E-state index contributed by atoms with van der Waals surface area (Å²) in [6.45, 7) is 2.47. The number of fused-ring (bicyclic) bond motifs is 3. The van der Waals surface area contributed by atoms with Crippen LogP contribution in [0.3, 0.4) is 0 Å². The molecule has 162 valence electrons. The number of benzene rings is 3. The van der Waals surface area contributed by atoms with Crippen molar-refractivity contribution in [3.8, 4) is 0 Å². The van der Waals surface area contributed by atoms with Gasteiger partial charge in [0.2, 0.25) is 5.52 Å². The number of hydrogen-bond donors (Lipinski definition) is 1.